The van der Waals surface area contributed by atoms with Gasteiger partial charge in [0.2, 0.25) is 0 Å². The molecule has 0 spiro atoms. The SMILES string of the molecule is CCCCCCCCCCCCCCCCCCCC=Cc1cccc(N=CC(CCCC)=Nc2cccc(C=CCCCCCCCCCCCCCCCCCCC)c2)c1.[Ni]. The molecule has 63 heavy (non-hydrogen) atoms. The third kappa shape index (κ3) is 37.7. The number of nitrogens with zero attached hydrogens (tertiary/aromatic N) is 2. The summed E-state index contributed by atoms with van der Waals surface area (Å²) >= 11 is 0. The Morgan fingerprint density at radius 3 is 1.06 bits per heavy atom. The van der Waals surface area contributed by atoms with Crippen molar-refractivity contribution in [3.8, 4) is 0 Å². The van der Waals surface area contributed by atoms with Crippen LogP contribution in [0.3, 0.4) is 0 Å². The van der Waals surface area contributed by atoms with Crippen LogP contribution < -0.4 is 0 Å². The van der Waals surface area contributed by atoms with Crippen molar-refractivity contribution in [2.24, 2.45) is 9.98 Å². The van der Waals surface area contributed by atoms with Crippen molar-refractivity contribution in [1.82, 2.24) is 0 Å². The van der Waals surface area contributed by atoms with Crippen LogP contribution in [0.15, 0.2) is 70.7 Å². The Balaban J connectivity index is 0.0000198. The molecule has 2 nitrogen and oxygen atoms in total. The number of benzene rings is 2. The Morgan fingerprint density at radius 1 is 0.381 bits per heavy atom. The molecule has 0 saturated carbocycles. The maximum atomic E-state index is 5.08. The quantitative estimate of drug-likeness (QED) is 0.0360. The van der Waals surface area contributed by atoms with E-state index in [4.69, 9.17) is 9.98 Å². The molecule has 0 amide bonds. The summed E-state index contributed by atoms with van der Waals surface area (Å²) in [5, 5.41) is 0. The molecule has 0 aliphatic rings. The van der Waals surface area contributed by atoms with Gasteiger partial charge in [-0.15, -0.1) is 0 Å². The molecule has 0 radical (unpaired) electrons. The maximum absolute atomic E-state index is 5.08. The Morgan fingerprint density at radius 2 is 0.698 bits per heavy atom. The zero-order chi connectivity index (χ0) is 44.1. The van der Waals surface area contributed by atoms with E-state index in [0.717, 1.165) is 49.2 Å². The van der Waals surface area contributed by atoms with E-state index in [9.17, 15) is 0 Å². The molecular weight excluding hydrogens is 807 g/mol. The van der Waals surface area contributed by atoms with Crippen LogP contribution in [0.2, 0.25) is 0 Å². The molecule has 0 saturated heterocycles. The number of hydrogen-bond donors (Lipinski definition) is 0. The van der Waals surface area contributed by atoms with Gasteiger partial charge < -0.3 is 0 Å². The minimum atomic E-state index is 0. The smallest absolute Gasteiger partial charge is 0.0639 e. The number of hydrogen-bond acceptors (Lipinski definition) is 2. The van der Waals surface area contributed by atoms with Crippen LogP contribution in [-0.2, 0) is 16.5 Å². The second-order valence-electron chi connectivity index (χ2n) is 18.9. The molecule has 0 aliphatic carbocycles. The van der Waals surface area contributed by atoms with Crippen LogP contribution >= 0.6 is 0 Å². The summed E-state index contributed by atoms with van der Waals surface area (Å²) in [6.45, 7) is 6.85. The van der Waals surface area contributed by atoms with Gasteiger partial charge in [-0.3, -0.25) is 9.98 Å². The zero-order valence-electron chi connectivity index (χ0n) is 41.8. The second kappa shape index (κ2) is 46.3. The normalized spacial score (nSPS) is 12.1. The molecule has 0 aliphatic heterocycles. The van der Waals surface area contributed by atoms with Crippen molar-refractivity contribution in [1.29, 1.82) is 0 Å². The molecule has 2 aromatic carbocycles. The predicted molar refractivity (Wildman–Crippen MR) is 283 cm³/mol. The van der Waals surface area contributed by atoms with Crippen LogP contribution in [0.1, 0.15) is 282 Å². The van der Waals surface area contributed by atoms with E-state index in [-0.39, 0.29) is 16.5 Å². The average Bonchev–Trinajstić information content (AvgIpc) is 3.29. The second-order valence-corrected chi connectivity index (χ2v) is 18.9. The molecule has 2 rings (SSSR count). The number of allylic oxidation sites excluding steroid dienone is 2. The molecular formula is C60H100N2Ni. The van der Waals surface area contributed by atoms with E-state index in [0.29, 0.717) is 0 Å². The van der Waals surface area contributed by atoms with Crippen LogP contribution in [-0.4, -0.2) is 11.9 Å². The summed E-state index contributed by atoms with van der Waals surface area (Å²) in [7, 11) is 0. The minimum Gasteiger partial charge on any atom is -0.255 e. The fourth-order valence-corrected chi connectivity index (χ4v) is 8.64. The van der Waals surface area contributed by atoms with E-state index in [1.165, 1.54) is 229 Å². The fourth-order valence-electron chi connectivity index (χ4n) is 8.64. The van der Waals surface area contributed by atoms with Gasteiger partial charge in [0.15, 0.2) is 0 Å². The Labute approximate surface area is 402 Å². The van der Waals surface area contributed by atoms with Gasteiger partial charge in [-0.05, 0) is 73.9 Å². The molecule has 0 atom stereocenters. The first kappa shape index (κ1) is 58.8. The van der Waals surface area contributed by atoms with Crippen LogP contribution in [0, 0.1) is 0 Å². The Hall–Kier alpha value is -2.25. The first-order chi connectivity index (χ1) is 30.7. The van der Waals surface area contributed by atoms with E-state index in [2.05, 4.69) is 93.6 Å². The van der Waals surface area contributed by atoms with Crippen molar-refractivity contribution < 1.29 is 16.5 Å². The van der Waals surface area contributed by atoms with Crippen LogP contribution in [0.4, 0.5) is 11.4 Å². The van der Waals surface area contributed by atoms with Crippen LogP contribution in [0.5, 0.6) is 0 Å². The number of unbranched alkanes of at least 4 members (excludes halogenated alkanes) is 35. The van der Waals surface area contributed by atoms with Gasteiger partial charge in [-0.25, -0.2) is 0 Å². The van der Waals surface area contributed by atoms with E-state index < -0.39 is 0 Å². The van der Waals surface area contributed by atoms with Gasteiger partial charge in [0, 0.05) is 22.7 Å². The van der Waals surface area contributed by atoms with E-state index in [1.807, 2.05) is 6.21 Å². The largest absolute Gasteiger partial charge is 0.255 e. The average molecular weight is 908 g/mol. The monoisotopic (exact) mass is 907 g/mol. The summed E-state index contributed by atoms with van der Waals surface area (Å²) in [5.74, 6) is 0. The van der Waals surface area contributed by atoms with Gasteiger partial charge in [0.25, 0.3) is 0 Å². The third-order valence-corrected chi connectivity index (χ3v) is 12.7. The van der Waals surface area contributed by atoms with Crippen LogP contribution in [0.25, 0.3) is 12.2 Å². The minimum absolute atomic E-state index is 0. The summed E-state index contributed by atoms with van der Waals surface area (Å²) < 4.78 is 0. The summed E-state index contributed by atoms with van der Waals surface area (Å²) in [5.41, 5.74) is 5.53. The molecule has 0 unspecified atom stereocenters. The summed E-state index contributed by atoms with van der Waals surface area (Å²) in [4.78, 5) is 9.98. The van der Waals surface area contributed by atoms with Gasteiger partial charge in [0.1, 0.15) is 0 Å². The molecule has 2 aromatic rings. The molecule has 0 fully saturated rings. The van der Waals surface area contributed by atoms with Crippen molar-refractivity contribution in [3.63, 3.8) is 0 Å². The van der Waals surface area contributed by atoms with Gasteiger partial charge >= 0.3 is 0 Å². The van der Waals surface area contributed by atoms with Crippen molar-refractivity contribution >= 4 is 35.5 Å². The molecule has 3 heteroatoms. The zero-order valence-corrected chi connectivity index (χ0v) is 42.8. The van der Waals surface area contributed by atoms with Crippen molar-refractivity contribution in [2.75, 3.05) is 0 Å². The standard InChI is InChI=1S/C60H100N2.Ni/c1-4-7-10-12-14-16-18-20-22-24-26-28-30-32-34-36-38-40-42-46-56-48-44-51-58(53-56)61-55-60(50-9-6-3)62-59-52-45-49-57(54-59)47-43-41-39-37-35-33-31-29-27-25-23-21-19-17-15-13-11-8-5-2;/h42-49,51-55H,4-41,50H2,1-3H3;. The number of rotatable bonds is 44. The first-order valence-corrected chi connectivity index (χ1v) is 27.4. The maximum Gasteiger partial charge on any atom is 0.0639 e. The molecule has 360 valence electrons. The fraction of sp³-hybridized carbons (Fsp3) is 0.700. The van der Waals surface area contributed by atoms with E-state index >= 15 is 0 Å². The molecule has 0 aromatic heterocycles. The summed E-state index contributed by atoms with van der Waals surface area (Å²) in [6.07, 6.45) is 65.2. The number of aliphatic imine (C=N–C) groups is 2. The van der Waals surface area contributed by atoms with Gasteiger partial charge in [-0.1, -0.05) is 281 Å². The van der Waals surface area contributed by atoms with Gasteiger partial charge in [-0.2, -0.15) is 0 Å². The van der Waals surface area contributed by atoms with Gasteiger partial charge in [0.05, 0.1) is 17.1 Å². The summed E-state index contributed by atoms with van der Waals surface area (Å²) in [6, 6.07) is 17.3. The topological polar surface area (TPSA) is 24.7 Å². The Kier molecular flexibility index (Phi) is 43.2. The predicted octanol–water partition coefficient (Wildman–Crippen LogP) is 21.5. The Bertz CT molecular complexity index is 1390. The molecule has 0 bridgehead atoms. The molecule has 0 heterocycles. The molecule has 0 N–H and O–H groups in total. The van der Waals surface area contributed by atoms with Crippen molar-refractivity contribution in [3.05, 3.63) is 71.8 Å². The third-order valence-electron chi connectivity index (χ3n) is 12.7. The van der Waals surface area contributed by atoms with E-state index in [1.54, 1.807) is 0 Å². The van der Waals surface area contributed by atoms with Crippen molar-refractivity contribution in [2.45, 2.75) is 271 Å². The first-order valence-electron chi connectivity index (χ1n) is 27.4.